The standard InChI is InChI=1S/C15H21NO3/c1-10(2)16-12(15(3,4)5)8-6-11(14(16)19)7-9-13(17)18/h6-10H,1-5H3,(H,17,18)/b9-7+. The molecule has 104 valence electrons. The highest BCUT2D eigenvalue weighted by Crippen LogP contribution is 2.23. The summed E-state index contributed by atoms with van der Waals surface area (Å²) in [6, 6.07) is 3.60. The quantitative estimate of drug-likeness (QED) is 0.853. The van der Waals surface area contributed by atoms with Crippen LogP contribution >= 0.6 is 0 Å². The Morgan fingerprint density at radius 1 is 1.32 bits per heavy atom. The van der Waals surface area contributed by atoms with Gasteiger partial charge in [0.1, 0.15) is 0 Å². The summed E-state index contributed by atoms with van der Waals surface area (Å²) < 4.78 is 1.72. The highest BCUT2D eigenvalue weighted by molar-refractivity contribution is 5.85. The summed E-state index contributed by atoms with van der Waals surface area (Å²) >= 11 is 0. The van der Waals surface area contributed by atoms with Crippen LogP contribution in [0.2, 0.25) is 0 Å². The summed E-state index contributed by atoms with van der Waals surface area (Å²) in [4.78, 5) is 22.9. The zero-order valence-corrected chi connectivity index (χ0v) is 12.1. The lowest BCUT2D eigenvalue weighted by molar-refractivity contribution is -0.131. The van der Waals surface area contributed by atoms with Gasteiger partial charge in [-0.2, -0.15) is 0 Å². The van der Waals surface area contributed by atoms with E-state index < -0.39 is 5.97 Å². The third-order valence-corrected chi connectivity index (χ3v) is 2.84. The number of rotatable bonds is 3. The van der Waals surface area contributed by atoms with Gasteiger partial charge >= 0.3 is 5.97 Å². The summed E-state index contributed by atoms with van der Waals surface area (Å²) in [6.45, 7) is 10.0. The van der Waals surface area contributed by atoms with Crippen LogP contribution in [-0.4, -0.2) is 15.6 Å². The van der Waals surface area contributed by atoms with Crippen molar-refractivity contribution in [2.75, 3.05) is 0 Å². The van der Waals surface area contributed by atoms with E-state index in [1.165, 1.54) is 6.08 Å². The molecular formula is C15H21NO3. The van der Waals surface area contributed by atoms with Crippen molar-refractivity contribution in [2.24, 2.45) is 0 Å². The van der Waals surface area contributed by atoms with Gasteiger partial charge in [-0.25, -0.2) is 4.79 Å². The fraction of sp³-hybridized carbons (Fsp3) is 0.467. The fourth-order valence-corrected chi connectivity index (χ4v) is 1.98. The molecular weight excluding hydrogens is 242 g/mol. The van der Waals surface area contributed by atoms with E-state index in [1.807, 2.05) is 40.7 Å². The Morgan fingerprint density at radius 2 is 1.89 bits per heavy atom. The van der Waals surface area contributed by atoms with Crippen molar-refractivity contribution >= 4 is 12.0 Å². The molecule has 0 aromatic carbocycles. The molecule has 0 aliphatic rings. The van der Waals surface area contributed by atoms with Crippen LogP contribution in [0.4, 0.5) is 0 Å². The molecule has 0 bridgehead atoms. The third-order valence-electron chi connectivity index (χ3n) is 2.84. The van der Waals surface area contributed by atoms with E-state index in [0.717, 1.165) is 11.8 Å². The lowest BCUT2D eigenvalue weighted by Gasteiger charge is -2.26. The van der Waals surface area contributed by atoms with Crippen molar-refractivity contribution in [1.29, 1.82) is 0 Å². The second-order valence-corrected chi connectivity index (χ2v) is 5.86. The molecule has 1 N–H and O–H groups in total. The molecule has 0 aliphatic carbocycles. The van der Waals surface area contributed by atoms with Crippen LogP contribution in [-0.2, 0) is 10.2 Å². The molecule has 4 heteroatoms. The maximum Gasteiger partial charge on any atom is 0.328 e. The van der Waals surface area contributed by atoms with Crippen LogP contribution in [0.1, 0.15) is 51.9 Å². The molecule has 0 saturated carbocycles. The average Bonchev–Trinajstić information content (AvgIpc) is 2.24. The summed E-state index contributed by atoms with van der Waals surface area (Å²) in [5.41, 5.74) is 1.04. The second-order valence-electron chi connectivity index (χ2n) is 5.86. The van der Waals surface area contributed by atoms with Crippen LogP contribution in [0.25, 0.3) is 6.08 Å². The smallest absolute Gasteiger partial charge is 0.328 e. The number of carboxylic acids is 1. The van der Waals surface area contributed by atoms with Crippen molar-refractivity contribution < 1.29 is 9.90 Å². The molecule has 0 spiro atoms. The van der Waals surface area contributed by atoms with Crippen molar-refractivity contribution in [3.63, 3.8) is 0 Å². The van der Waals surface area contributed by atoms with Gasteiger partial charge < -0.3 is 9.67 Å². The summed E-state index contributed by atoms with van der Waals surface area (Å²) in [5.74, 6) is -1.06. The van der Waals surface area contributed by atoms with Crippen LogP contribution in [0, 0.1) is 0 Å². The lowest BCUT2D eigenvalue weighted by atomic mass is 9.90. The van der Waals surface area contributed by atoms with Gasteiger partial charge in [0, 0.05) is 28.8 Å². The normalized spacial score (nSPS) is 12.3. The first-order valence-corrected chi connectivity index (χ1v) is 6.31. The van der Waals surface area contributed by atoms with Crippen molar-refractivity contribution in [3.8, 4) is 0 Å². The van der Waals surface area contributed by atoms with Gasteiger partial charge in [0.05, 0.1) is 0 Å². The minimum absolute atomic E-state index is 0.0277. The van der Waals surface area contributed by atoms with Crippen LogP contribution in [0.3, 0.4) is 0 Å². The van der Waals surface area contributed by atoms with Crippen molar-refractivity contribution in [1.82, 2.24) is 4.57 Å². The minimum atomic E-state index is -1.06. The Hall–Kier alpha value is -1.84. The molecule has 0 fully saturated rings. The van der Waals surface area contributed by atoms with E-state index in [1.54, 1.807) is 10.6 Å². The Bertz CT molecular complexity index is 560. The molecule has 0 aliphatic heterocycles. The minimum Gasteiger partial charge on any atom is -0.478 e. The number of carboxylic acid groups (broad SMARTS) is 1. The molecule has 4 nitrogen and oxygen atoms in total. The Balaban J connectivity index is 3.49. The number of nitrogens with zero attached hydrogens (tertiary/aromatic N) is 1. The summed E-state index contributed by atoms with van der Waals surface area (Å²) in [6.07, 6.45) is 2.33. The van der Waals surface area contributed by atoms with Crippen LogP contribution in [0.15, 0.2) is 23.0 Å². The van der Waals surface area contributed by atoms with E-state index >= 15 is 0 Å². The molecule has 1 aromatic rings. The van der Waals surface area contributed by atoms with Gasteiger partial charge in [-0.1, -0.05) is 20.8 Å². The highest BCUT2D eigenvalue weighted by Gasteiger charge is 2.21. The van der Waals surface area contributed by atoms with Crippen molar-refractivity contribution in [2.45, 2.75) is 46.1 Å². The predicted octanol–water partition coefficient (Wildman–Crippen LogP) is 2.82. The van der Waals surface area contributed by atoms with Gasteiger partial charge in [0.15, 0.2) is 0 Å². The second kappa shape index (κ2) is 5.43. The molecule has 0 unspecified atom stereocenters. The molecule has 1 aromatic heterocycles. The first kappa shape index (κ1) is 15.2. The third kappa shape index (κ3) is 3.56. The average molecular weight is 263 g/mol. The topological polar surface area (TPSA) is 59.3 Å². The maximum atomic E-state index is 12.4. The van der Waals surface area contributed by atoms with Crippen molar-refractivity contribution in [3.05, 3.63) is 39.8 Å². The summed E-state index contributed by atoms with van der Waals surface area (Å²) in [7, 11) is 0. The van der Waals surface area contributed by atoms with E-state index in [4.69, 9.17) is 5.11 Å². The predicted molar refractivity (Wildman–Crippen MR) is 76.5 cm³/mol. The Labute approximate surface area is 113 Å². The number of aromatic nitrogens is 1. The number of hydrogen-bond acceptors (Lipinski definition) is 2. The lowest BCUT2D eigenvalue weighted by Crippen LogP contribution is -2.32. The number of pyridine rings is 1. The van der Waals surface area contributed by atoms with E-state index in [0.29, 0.717) is 5.56 Å². The Morgan fingerprint density at radius 3 is 2.32 bits per heavy atom. The van der Waals surface area contributed by atoms with Crippen LogP contribution in [0.5, 0.6) is 0 Å². The molecule has 1 rings (SSSR count). The van der Waals surface area contributed by atoms with Gasteiger partial charge in [0.2, 0.25) is 0 Å². The SMILES string of the molecule is CC(C)n1c(C(C)(C)C)ccc(/C=C/C(=O)O)c1=O. The Kier molecular flexibility index (Phi) is 4.35. The molecule has 0 atom stereocenters. The molecule has 0 radical (unpaired) electrons. The van der Waals surface area contributed by atoms with Gasteiger partial charge in [-0.05, 0) is 32.1 Å². The zero-order valence-electron chi connectivity index (χ0n) is 12.1. The van der Waals surface area contributed by atoms with Gasteiger partial charge in [-0.3, -0.25) is 4.79 Å². The number of hydrogen-bond donors (Lipinski definition) is 1. The monoisotopic (exact) mass is 263 g/mol. The number of carbonyl (C=O) groups is 1. The highest BCUT2D eigenvalue weighted by atomic mass is 16.4. The maximum absolute atomic E-state index is 12.4. The largest absolute Gasteiger partial charge is 0.478 e. The van der Waals surface area contributed by atoms with Gasteiger partial charge in [-0.15, -0.1) is 0 Å². The number of aliphatic carboxylic acids is 1. The molecule has 1 heterocycles. The molecule has 0 saturated heterocycles. The molecule has 0 amide bonds. The van der Waals surface area contributed by atoms with E-state index in [-0.39, 0.29) is 17.0 Å². The first-order valence-electron chi connectivity index (χ1n) is 6.31. The first-order chi connectivity index (χ1) is 8.64. The van der Waals surface area contributed by atoms with E-state index in [9.17, 15) is 9.59 Å². The zero-order chi connectivity index (χ0) is 14.8. The molecule has 19 heavy (non-hydrogen) atoms. The fourth-order valence-electron chi connectivity index (χ4n) is 1.98. The van der Waals surface area contributed by atoms with Crippen LogP contribution < -0.4 is 5.56 Å². The summed E-state index contributed by atoms with van der Waals surface area (Å²) in [5, 5.41) is 8.63. The van der Waals surface area contributed by atoms with E-state index in [2.05, 4.69) is 0 Å². The van der Waals surface area contributed by atoms with Gasteiger partial charge in [0.25, 0.3) is 5.56 Å².